The van der Waals surface area contributed by atoms with Crippen molar-refractivity contribution in [2.75, 3.05) is 11.9 Å². The number of amides is 1. The van der Waals surface area contributed by atoms with Crippen LogP contribution < -0.4 is 11.1 Å². The molecule has 0 radical (unpaired) electrons. The van der Waals surface area contributed by atoms with Crippen LogP contribution >= 0.6 is 0 Å². The second-order valence-electron chi connectivity index (χ2n) is 7.70. The van der Waals surface area contributed by atoms with Gasteiger partial charge in [0.2, 0.25) is 5.91 Å². The summed E-state index contributed by atoms with van der Waals surface area (Å²) in [6, 6.07) is 7.45. The van der Waals surface area contributed by atoms with Crippen molar-refractivity contribution in [2.45, 2.75) is 63.7 Å². The predicted octanol–water partition coefficient (Wildman–Crippen LogP) is 2.99. The van der Waals surface area contributed by atoms with Gasteiger partial charge in [0.25, 0.3) is 0 Å². The van der Waals surface area contributed by atoms with E-state index in [4.69, 9.17) is 10.5 Å². The number of benzene rings is 1. The van der Waals surface area contributed by atoms with Crippen molar-refractivity contribution in [3.05, 3.63) is 29.8 Å². The third-order valence-corrected chi connectivity index (χ3v) is 5.78. The number of anilines is 1. The van der Waals surface area contributed by atoms with Gasteiger partial charge in [0.05, 0.1) is 12.6 Å². The molecule has 1 saturated carbocycles. The Bertz CT molecular complexity index is 567. The predicted molar refractivity (Wildman–Crippen MR) is 98.1 cm³/mol. The third kappa shape index (κ3) is 4.81. The fraction of sp³-hybridized carbons (Fsp3) is 0.650. The molecular formula is C20H30N2O3. The first-order valence-electron chi connectivity index (χ1n) is 9.49. The molecule has 1 amide bonds. The zero-order valence-corrected chi connectivity index (χ0v) is 15.0. The summed E-state index contributed by atoms with van der Waals surface area (Å²) in [5.74, 6) is 1.26. The Morgan fingerprint density at radius 3 is 2.52 bits per heavy atom. The summed E-state index contributed by atoms with van der Waals surface area (Å²) >= 11 is 0. The van der Waals surface area contributed by atoms with Gasteiger partial charge in [0.15, 0.2) is 6.29 Å². The smallest absolute Gasteiger partial charge is 0.241 e. The van der Waals surface area contributed by atoms with Gasteiger partial charge >= 0.3 is 0 Å². The van der Waals surface area contributed by atoms with E-state index in [1.807, 2.05) is 24.3 Å². The minimum atomic E-state index is -0.672. The molecule has 2 fully saturated rings. The van der Waals surface area contributed by atoms with E-state index in [0.717, 1.165) is 43.7 Å². The van der Waals surface area contributed by atoms with E-state index in [2.05, 4.69) is 12.2 Å². The molecule has 0 spiro atoms. The molecule has 1 aliphatic carbocycles. The van der Waals surface area contributed by atoms with Crippen LogP contribution in [0.2, 0.25) is 0 Å². The van der Waals surface area contributed by atoms with Crippen LogP contribution in [0.25, 0.3) is 0 Å². The number of aliphatic hydroxyl groups excluding tert-OH is 1. The summed E-state index contributed by atoms with van der Waals surface area (Å²) in [6.45, 7) is 2.85. The van der Waals surface area contributed by atoms with Crippen molar-refractivity contribution in [2.24, 2.45) is 17.6 Å². The number of aliphatic hydroxyl groups is 1. The molecule has 1 saturated heterocycles. The van der Waals surface area contributed by atoms with Gasteiger partial charge in [-0.3, -0.25) is 4.79 Å². The average Bonchev–Trinajstić information content (AvgIpc) is 2.62. The number of carbonyl (C=O) groups is 1. The molecule has 1 aliphatic heterocycles. The first-order valence-corrected chi connectivity index (χ1v) is 9.49. The summed E-state index contributed by atoms with van der Waals surface area (Å²) in [4.78, 5) is 12.4. The topological polar surface area (TPSA) is 84.6 Å². The van der Waals surface area contributed by atoms with Crippen molar-refractivity contribution in [3.8, 4) is 0 Å². The zero-order valence-electron chi connectivity index (χ0n) is 15.0. The lowest BCUT2D eigenvalue weighted by Gasteiger charge is -2.30. The molecule has 138 valence electrons. The van der Waals surface area contributed by atoms with Crippen LogP contribution in [0.5, 0.6) is 0 Å². The van der Waals surface area contributed by atoms with Crippen molar-refractivity contribution < 1.29 is 14.6 Å². The zero-order chi connectivity index (χ0) is 17.8. The van der Waals surface area contributed by atoms with Gasteiger partial charge in [-0.2, -0.15) is 0 Å². The maximum Gasteiger partial charge on any atom is 0.241 e. The number of ether oxygens (including phenoxy) is 1. The molecule has 1 aromatic carbocycles. The standard InChI is InChI=1S/C20H30N2O3/c1-13-2-4-15(5-3-13)19(21)20(24)22-17-8-6-14(7-9-17)16-10-11-25-18(23)12-16/h6-9,13,15-16,18-19,23H,2-5,10-12,21H2,1H3,(H,22,24). The van der Waals surface area contributed by atoms with Gasteiger partial charge in [-0.25, -0.2) is 0 Å². The molecular weight excluding hydrogens is 316 g/mol. The summed E-state index contributed by atoms with van der Waals surface area (Å²) in [6.07, 6.45) is 5.27. The summed E-state index contributed by atoms with van der Waals surface area (Å²) in [7, 11) is 0. The maximum atomic E-state index is 12.4. The van der Waals surface area contributed by atoms with Gasteiger partial charge in [-0.05, 0) is 54.7 Å². The second-order valence-corrected chi connectivity index (χ2v) is 7.70. The Morgan fingerprint density at radius 1 is 1.20 bits per heavy atom. The van der Waals surface area contributed by atoms with E-state index < -0.39 is 12.3 Å². The summed E-state index contributed by atoms with van der Waals surface area (Å²) in [5, 5.41) is 12.6. The Kier molecular flexibility index (Phi) is 6.10. The Morgan fingerprint density at radius 2 is 1.88 bits per heavy atom. The molecule has 0 bridgehead atoms. The summed E-state index contributed by atoms with van der Waals surface area (Å²) < 4.78 is 5.18. The minimum Gasteiger partial charge on any atom is -0.368 e. The van der Waals surface area contributed by atoms with Crippen LogP contribution in [-0.2, 0) is 9.53 Å². The van der Waals surface area contributed by atoms with E-state index in [1.54, 1.807) is 0 Å². The number of hydrogen-bond donors (Lipinski definition) is 3. The lowest BCUT2D eigenvalue weighted by Crippen LogP contribution is -2.43. The van der Waals surface area contributed by atoms with Gasteiger partial charge in [-0.15, -0.1) is 0 Å². The van der Waals surface area contributed by atoms with Crippen LogP contribution in [0.15, 0.2) is 24.3 Å². The Balaban J connectivity index is 1.54. The summed E-state index contributed by atoms with van der Waals surface area (Å²) in [5.41, 5.74) is 8.14. The molecule has 25 heavy (non-hydrogen) atoms. The molecule has 3 rings (SSSR count). The Labute approximate surface area is 149 Å². The third-order valence-electron chi connectivity index (χ3n) is 5.78. The fourth-order valence-corrected chi connectivity index (χ4v) is 4.00. The molecule has 5 heteroatoms. The lowest BCUT2D eigenvalue weighted by atomic mass is 9.79. The highest BCUT2D eigenvalue weighted by molar-refractivity contribution is 5.94. The first-order chi connectivity index (χ1) is 12.0. The number of hydrogen-bond acceptors (Lipinski definition) is 4. The van der Waals surface area contributed by atoms with E-state index in [1.165, 1.54) is 5.56 Å². The Hall–Kier alpha value is -1.43. The van der Waals surface area contributed by atoms with Crippen molar-refractivity contribution >= 4 is 11.6 Å². The van der Waals surface area contributed by atoms with Crippen molar-refractivity contribution in [1.82, 2.24) is 0 Å². The average molecular weight is 346 g/mol. The highest BCUT2D eigenvalue weighted by Crippen LogP contribution is 2.31. The lowest BCUT2D eigenvalue weighted by molar-refractivity contribution is -0.129. The minimum absolute atomic E-state index is 0.0891. The molecule has 2 aliphatic rings. The van der Waals surface area contributed by atoms with Gasteiger partial charge in [-0.1, -0.05) is 31.9 Å². The van der Waals surface area contributed by atoms with Crippen LogP contribution in [0.4, 0.5) is 5.69 Å². The van der Waals surface area contributed by atoms with Crippen molar-refractivity contribution in [3.63, 3.8) is 0 Å². The SMILES string of the molecule is CC1CCC(C(N)C(=O)Nc2ccc(C3CCOC(O)C3)cc2)CC1. The molecule has 4 N–H and O–H groups in total. The number of nitrogens with two attached hydrogens (primary N) is 1. The number of nitrogens with one attached hydrogen (secondary N) is 1. The molecule has 5 nitrogen and oxygen atoms in total. The molecule has 0 aromatic heterocycles. The quantitative estimate of drug-likeness (QED) is 0.782. The molecule has 1 aromatic rings. The van der Waals surface area contributed by atoms with Crippen molar-refractivity contribution in [1.29, 1.82) is 0 Å². The van der Waals surface area contributed by atoms with E-state index >= 15 is 0 Å². The van der Waals surface area contributed by atoms with Crippen LogP contribution in [0, 0.1) is 11.8 Å². The van der Waals surface area contributed by atoms with Crippen LogP contribution in [-0.4, -0.2) is 30.0 Å². The molecule has 3 atom stereocenters. The van der Waals surface area contributed by atoms with Crippen LogP contribution in [0.3, 0.4) is 0 Å². The normalized spacial score (nSPS) is 31.3. The van der Waals surface area contributed by atoms with Gasteiger partial charge in [0.1, 0.15) is 0 Å². The highest BCUT2D eigenvalue weighted by atomic mass is 16.6. The highest BCUT2D eigenvalue weighted by Gasteiger charge is 2.28. The van der Waals surface area contributed by atoms with E-state index in [-0.39, 0.29) is 5.91 Å². The van der Waals surface area contributed by atoms with Crippen LogP contribution in [0.1, 0.15) is 56.9 Å². The largest absolute Gasteiger partial charge is 0.368 e. The fourth-order valence-electron chi connectivity index (χ4n) is 4.00. The van der Waals surface area contributed by atoms with E-state index in [9.17, 15) is 9.90 Å². The number of rotatable bonds is 4. The first kappa shape index (κ1) is 18.4. The van der Waals surface area contributed by atoms with E-state index in [0.29, 0.717) is 24.9 Å². The monoisotopic (exact) mass is 346 g/mol. The second kappa shape index (κ2) is 8.30. The maximum absolute atomic E-state index is 12.4. The number of carbonyl (C=O) groups excluding carboxylic acids is 1. The van der Waals surface area contributed by atoms with Gasteiger partial charge in [0, 0.05) is 12.1 Å². The molecule has 1 heterocycles. The van der Waals surface area contributed by atoms with Gasteiger partial charge < -0.3 is 20.9 Å². The molecule has 3 unspecified atom stereocenters.